The van der Waals surface area contributed by atoms with Crippen molar-refractivity contribution in [3.8, 4) is 11.8 Å². The topological polar surface area (TPSA) is 108 Å². The van der Waals surface area contributed by atoms with Crippen LogP contribution in [0.1, 0.15) is 40.2 Å². The lowest BCUT2D eigenvalue weighted by Gasteiger charge is -2.22. The van der Waals surface area contributed by atoms with Gasteiger partial charge in [0, 0.05) is 49.5 Å². The van der Waals surface area contributed by atoms with Crippen LogP contribution in [0.3, 0.4) is 0 Å². The van der Waals surface area contributed by atoms with Gasteiger partial charge in [0.1, 0.15) is 17.3 Å². The Morgan fingerprint density at radius 2 is 2.00 bits per heavy atom. The number of carbonyl (C=O) groups is 1. The van der Waals surface area contributed by atoms with E-state index in [0.717, 1.165) is 18.4 Å². The minimum Gasteiger partial charge on any atom is -0.383 e. The van der Waals surface area contributed by atoms with E-state index in [0.29, 0.717) is 33.2 Å². The van der Waals surface area contributed by atoms with Crippen molar-refractivity contribution in [2.45, 2.75) is 25.4 Å². The molecule has 0 spiro atoms. The highest BCUT2D eigenvalue weighted by atomic mass is 19.1. The highest BCUT2D eigenvalue weighted by Crippen LogP contribution is 2.33. The number of hydrogen-bond donors (Lipinski definition) is 1. The molecule has 5 aromatic rings. The van der Waals surface area contributed by atoms with E-state index in [1.54, 1.807) is 39.8 Å². The SMILES string of the molecule is Cn1ccc(C#Cc2ccc(CN(C(=O)c3cc4c(cc3F)nc(N)c3cnn(C)c34)C3CC3)nc2)n1. The number of carbonyl (C=O) groups excluding carboxylic acids is 1. The second kappa shape index (κ2) is 8.71. The maximum absolute atomic E-state index is 15.2. The van der Waals surface area contributed by atoms with Crippen molar-refractivity contribution < 1.29 is 9.18 Å². The lowest BCUT2D eigenvalue weighted by Crippen LogP contribution is -2.33. The van der Waals surface area contributed by atoms with Gasteiger partial charge in [0.25, 0.3) is 5.91 Å². The second-order valence-corrected chi connectivity index (χ2v) is 9.20. The third kappa shape index (κ3) is 4.25. The summed E-state index contributed by atoms with van der Waals surface area (Å²) in [5.74, 6) is 5.30. The molecule has 1 aromatic carbocycles. The van der Waals surface area contributed by atoms with Crippen molar-refractivity contribution in [1.29, 1.82) is 0 Å². The number of rotatable bonds is 4. The van der Waals surface area contributed by atoms with Crippen LogP contribution in [0.4, 0.5) is 10.2 Å². The Labute approximate surface area is 211 Å². The van der Waals surface area contributed by atoms with Gasteiger partial charge in [-0.25, -0.2) is 9.37 Å². The number of anilines is 1. The number of nitrogen functional groups attached to an aromatic ring is 1. The molecule has 0 atom stereocenters. The molecule has 4 heterocycles. The Balaban J connectivity index is 1.29. The standard InChI is InChI=1S/C27H23FN8O/c1-34-10-9-17(33-34)5-3-16-4-6-18(30-13-16)15-36(19-7-8-19)27(37)20-11-21-24(12-23(20)28)32-26(29)22-14-31-35(2)25(21)22/h4,6,9-14,19H,7-8,15H2,1-2H3,(H2,29,32). The maximum atomic E-state index is 15.2. The molecular formula is C27H23FN8O. The van der Waals surface area contributed by atoms with E-state index in [2.05, 4.69) is 32.0 Å². The zero-order valence-electron chi connectivity index (χ0n) is 20.3. The summed E-state index contributed by atoms with van der Waals surface area (Å²) in [5, 5.41) is 9.78. The molecule has 0 saturated heterocycles. The Kier molecular flexibility index (Phi) is 5.34. The molecule has 1 aliphatic rings. The molecule has 6 rings (SSSR count). The fraction of sp³-hybridized carbons (Fsp3) is 0.222. The third-order valence-corrected chi connectivity index (χ3v) is 6.48. The molecule has 0 aliphatic heterocycles. The van der Waals surface area contributed by atoms with E-state index < -0.39 is 5.82 Å². The number of nitrogens with two attached hydrogens (primary N) is 1. The summed E-state index contributed by atoms with van der Waals surface area (Å²) in [4.78, 5) is 24.1. The molecule has 10 heteroatoms. The largest absolute Gasteiger partial charge is 0.383 e. The molecule has 1 fully saturated rings. The van der Waals surface area contributed by atoms with E-state index in [-0.39, 0.29) is 29.9 Å². The lowest BCUT2D eigenvalue weighted by atomic mass is 10.1. The molecule has 9 nitrogen and oxygen atoms in total. The molecule has 2 N–H and O–H groups in total. The Morgan fingerprint density at radius 3 is 2.70 bits per heavy atom. The quantitative estimate of drug-likeness (QED) is 0.385. The van der Waals surface area contributed by atoms with Crippen LogP contribution in [-0.4, -0.2) is 46.4 Å². The van der Waals surface area contributed by atoms with Crippen LogP contribution < -0.4 is 5.73 Å². The van der Waals surface area contributed by atoms with Gasteiger partial charge in [-0.05, 0) is 43.0 Å². The molecule has 184 valence electrons. The van der Waals surface area contributed by atoms with Gasteiger partial charge in [-0.2, -0.15) is 10.2 Å². The molecule has 1 saturated carbocycles. The molecule has 37 heavy (non-hydrogen) atoms. The van der Waals surface area contributed by atoms with Crippen LogP contribution >= 0.6 is 0 Å². The normalized spacial score (nSPS) is 13.1. The summed E-state index contributed by atoms with van der Waals surface area (Å²) in [6.07, 6.45) is 6.87. The second-order valence-electron chi connectivity index (χ2n) is 9.20. The first-order valence-corrected chi connectivity index (χ1v) is 11.9. The van der Waals surface area contributed by atoms with Gasteiger partial charge in [0.15, 0.2) is 0 Å². The predicted molar refractivity (Wildman–Crippen MR) is 137 cm³/mol. The first-order chi connectivity index (χ1) is 17.9. The van der Waals surface area contributed by atoms with Crippen molar-refractivity contribution in [3.05, 3.63) is 77.3 Å². The highest BCUT2D eigenvalue weighted by molar-refractivity contribution is 6.10. The number of aryl methyl sites for hydroxylation is 2. The van der Waals surface area contributed by atoms with Crippen molar-refractivity contribution in [2.24, 2.45) is 14.1 Å². The fourth-order valence-corrected chi connectivity index (χ4v) is 4.44. The van der Waals surface area contributed by atoms with E-state index in [4.69, 9.17) is 5.73 Å². The van der Waals surface area contributed by atoms with E-state index in [1.165, 1.54) is 6.07 Å². The monoisotopic (exact) mass is 494 g/mol. The summed E-state index contributed by atoms with van der Waals surface area (Å²) >= 11 is 0. The average molecular weight is 495 g/mol. The van der Waals surface area contributed by atoms with Gasteiger partial charge in [0.2, 0.25) is 0 Å². The van der Waals surface area contributed by atoms with Gasteiger partial charge in [-0.1, -0.05) is 5.92 Å². The number of pyridine rings is 2. The number of nitrogens with zero attached hydrogens (tertiary/aromatic N) is 7. The van der Waals surface area contributed by atoms with Crippen LogP contribution in [0.2, 0.25) is 0 Å². The third-order valence-electron chi connectivity index (χ3n) is 6.48. The molecule has 4 aromatic heterocycles. The van der Waals surface area contributed by atoms with E-state index >= 15 is 4.39 Å². The van der Waals surface area contributed by atoms with Gasteiger partial charge in [-0.3, -0.25) is 19.1 Å². The van der Waals surface area contributed by atoms with Crippen molar-refractivity contribution in [1.82, 2.24) is 34.4 Å². The summed E-state index contributed by atoms with van der Waals surface area (Å²) in [6, 6.07) is 8.42. The number of halogens is 1. The minimum atomic E-state index is -0.635. The first kappa shape index (κ1) is 22.7. The molecule has 0 bridgehead atoms. The van der Waals surface area contributed by atoms with Crippen LogP contribution in [0.5, 0.6) is 0 Å². The number of benzene rings is 1. The van der Waals surface area contributed by atoms with Crippen molar-refractivity contribution >= 4 is 33.5 Å². The molecule has 1 aliphatic carbocycles. The highest BCUT2D eigenvalue weighted by Gasteiger charge is 2.34. The summed E-state index contributed by atoms with van der Waals surface area (Å²) in [5.41, 5.74) is 9.24. The molecule has 1 amide bonds. The lowest BCUT2D eigenvalue weighted by molar-refractivity contribution is 0.0723. The average Bonchev–Trinajstić information content (AvgIpc) is 3.52. The van der Waals surface area contributed by atoms with Crippen molar-refractivity contribution in [3.63, 3.8) is 0 Å². The Bertz CT molecular complexity index is 1740. The number of amides is 1. The zero-order valence-corrected chi connectivity index (χ0v) is 20.3. The smallest absolute Gasteiger partial charge is 0.257 e. The Morgan fingerprint density at radius 1 is 1.16 bits per heavy atom. The van der Waals surface area contributed by atoms with E-state index in [9.17, 15) is 4.79 Å². The van der Waals surface area contributed by atoms with E-state index in [1.807, 2.05) is 31.4 Å². The van der Waals surface area contributed by atoms with Gasteiger partial charge in [0.05, 0.1) is 40.4 Å². The van der Waals surface area contributed by atoms with Gasteiger partial charge >= 0.3 is 0 Å². The number of aromatic nitrogens is 6. The number of hydrogen-bond acceptors (Lipinski definition) is 6. The summed E-state index contributed by atoms with van der Waals surface area (Å²) < 4.78 is 18.6. The maximum Gasteiger partial charge on any atom is 0.257 e. The van der Waals surface area contributed by atoms with Gasteiger partial charge < -0.3 is 10.6 Å². The van der Waals surface area contributed by atoms with Crippen LogP contribution in [0, 0.1) is 17.7 Å². The fourth-order valence-electron chi connectivity index (χ4n) is 4.44. The zero-order chi connectivity index (χ0) is 25.7. The summed E-state index contributed by atoms with van der Waals surface area (Å²) in [7, 11) is 3.61. The number of fused-ring (bicyclic) bond motifs is 3. The van der Waals surface area contributed by atoms with Crippen LogP contribution in [-0.2, 0) is 20.6 Å². The predicted octanol–water partition coefficient (Wildman–Crippen LogP) is 3.18. The van der Waals surface area contributed by atoms with Gasteiger partial charge in [-0.15, -0.1) is 0 Å². The van der Waals surface area contributed by atoms with Crippen LogP contribution in [0.15, 0.2) is 48.9 Å². The summed E-state index contributed by atoms with van der Waals surface area (Å²) in [6.45, 7) is 0.274. The molecule has 0 radical (unpaired) electrons. The molecular weight excluding hydrogens is 471 g/mol. The van der Waals surface area contributed by atoms with Crippen LogP contribution in [0.25, 0.3) is 21.8 Å². The minimum absolute atomic E-state index is 0.00804. The molecule has 0 unspecified atom stereocenters. The van der Waals surface area contributed by atoms with Crippen molar-refractivity contribution in [2.75, 3.05) is 5.73 Å². The first-order valence-electron chi connectivity index (χ1n) is 11.9. The Hall–Kier alpha value is -4.78.